The quantitative estimate of drug-likeness (QED) is 0.333. The van der Waals surface area contributed by atoms with E-state index in [-0.39, 0.29) is 29.2 Å². The van der Waals surface area contributed by atoms with Gasteiger partial charge >= 0.3 is 12.3 Å². The number of carbonyl (C=O) groups is 1. The number of ether oxygens (including phenoxy) is 3. The summed E-state index contributed by atoms with van der Waals surface area (Å²) < 4.78 is 57.0. The third kappa shape index (κ3) is 6.11. The molecule has 0 unspecified atom stereocenters. The van der Waals surface area contributed by atoms with Crippen molar-refractivity contribution in [3.63, 3.8) is 0 Å². The van der Waals surface area contributed by atoms with E-state index in [0.29, 0.717) is 42.0 Å². The van der Waals surface area contributed by atoms with E-state index in [1.807, 2.05) is 20.8 Å². The summed E-state index contributed by atoms with van der Waals surface area (Å²) in [6.45, 7) is 6.77. The van der Waals surface area contributed by atoms with Gasteiger partial charge in [-0.05, 0) is 35.6 Å². The van der Waals surface area contributed by atoms with Crippen molar-refractivity contribution >= 4 is 5.97 Å². The molecular formula is C29H30F3NO6. The van der Waals surface area contributed by atoms with Crippen LogP contribution in [0.2, 0.25) is 0 Å². The number of hydrogen-bond acceptors (Lipinski definition) is 5. The predicted octanol–water partition coefficient (Wildman–Crippen LogP) is 6.34. The number of pyridine rings is 1. The number of aromatic carboxylic acids is 1. The molecule has 1 aliphatic rings. The van der Waals surface area contributed by atoms with Crippen LogP contribution in [0.15, 0.2) is 53.5 Å². The Labute approximate surface area is 223 Å². The lowest BCUT2D eigenvalue weighted by atomic mass is 9.78. The molecule has 0 amide bonds. The Kier molecular flexibility index (Phi) is 7.79. The van der Waals surface area contributed by atoms with Crippen molar-refractivity contribution in [1.82, 2.24) is 4.57 Å². The fraction of sp³-hybridized carbons (Fsp3) is 0.379. The van der Waals surface area contributed by atoms with E-state index >= 15 is 0 Å². The summed E-state index contributed by atoms with van der Waals surface area (Å²) in [4.78, 5) is 24.5. The number of halogens is 3. The van der Waals surface area contributed by atoms with Crippen LogP contribution in [0, 0.1) is 5.41 Å². The van der Waals surface area contributed by atoms with Crippen LogP contribution >= 0.6 is 0 Å². The van der Waals surface area contributed by atoms with Gasteiger partial charge in [0.25, 0.3) is 0 Å². The number of hydrogen-bond donors (Lipinski definition) is 1. The van der Waals surface area contributed by atoms with Crippen LogP contribution < -0.4 is 14.9 Å². The maximum Gasteiger partial charge on any atom is 0.573 e. The lowest BCUT2D eigenvalue weighted by Gasteiger charge is -2.39. The summed E-state index contributed by atoms with van der Waals surface area (Å²) in [5, 5.41) is 9.58. The highest BCUT2D eigenvalue weighted by molar-refractivity contribution is 5.88. The minimum atomic E-state index is -4.91. The van der Waals surface area contributed by atoms with Gasteiger partial charge in [-0.1, -0.05) is 39.0 Å². The third-order valence-electron chi connectivity index (χ3n) is 6.69. The maximum atomic E-state index is 13.2. The van der Waals surface area contributed by atoms with Gasteiger partial charge in [-0.15, -0.1) is 13.2 Å². The Bertz CT molecular complexity index is 1440. The van der Waals surface area contributed by atoms with Crippen molar-refractivity contribution in [2.75, 3.05) is 20.3 Å². The first kappa shape index (κ1) is 28.2. The van der Waals surface area contributed by atoms with E-state index < -0.39 is 23.5 Å². The molecular weight excluding hydrogens is 515 g/mol. The molecule has 0 saturated heterocycles. The summed E-state index contributed by atoms with van der Waals surface area (Å²) in [6.07, 6.45) is -2.50. The van der Waals surface area contributed by atoms with Gasteiger partial charge in [0.05, 0.1) is 12.3 Å². The number of carboxylic acid groups (broad SMARTS) is 1. The van der Waals surface area contributed by atoms with Gasteiger partial charge in [0.15, 0.2) is 5.43 Å². The van der Waals surface area contributed by atoms with E-state index in [2.05, 4.69) is 4.74 Å². The zero-order valence-corrected chi connectivity index (χ0v) is 22.1. The molecule has 208 valence electrons. The molecule has 0 aliphatic carbocycles. The van der Waals surface area contributed by atoms with E-state index in [4.69, 9.17) is 9.47 Å². The minimum Gasteiger partial charge on any atom is -0.493 e. The van der Waals surface area contributed by atoms with Crippen LogP contribution in [-0.2, 0) is 11.2 Å². The second-order valence-electron chi connectivity index (χ2n) is 10.5. The fourth-order valence-electron chi connectivity index (χ4n) is 4.86. The molecule has 1 N–H and O–H groups in total. The Morgan fingerprint density at radius 3 is 2.38 bits per heavy atom. The van der Waals surface area contributed by atoms with Crippen molar-refractivity contribution in [3.05, 3.63) is 70.0 Å². The minimum absolute atomic E-state index is 0.161. The van der Waals surface area contributed by atoms with Crippen LogP contribution in [-0.4, -0.2) is 42.3 Å². The van der Waals surface area contributed by atoms with Crippen molar-refractivity contribution in [3.8, 4) is 33.9 Å². The summed E-state index contributed by atoms with van der Waals surface area (Å²) in [5.74, 6) is -1.35. The first-order valence-corrected chi connectivity index (χ1v) is 12.4. The summed E-state index contributed by atoms with van der Waals surface area (Å²) in [7, 11) is 1.57. The molecule has 0 bridgehead atoms. The molecule has 1 atom stereocenters. The average molecular weight is 546 g/mol. The largest absolute Gasteiger partial charge is 0.573 e. The topological polar surface area (TPSA) is 87.0 Å². The normalized spacial score (nSPS) is 14.9. The highest BCUT2D eigenvalue weighted by Gasteiger charge is 2.35. The fourth-order valence-corrected chi connectivity index (χ4v) is 4.86. The van der Waals surface area contributed by atoms with Gasteiger partial charge in [-0.25, -0.2) is 4.79 Å². The maximum absolute atomic E-state index is 13.2. The molecule has 0 saturated carbocycles. The number of rotatable bonds is 8. The predicted molar refractivity (Wildman–Crippen MR) is 139 cm³/mol. The van der Waals surface area contributed by atoms with Crippen LogP contribution in [0.25, 0.3) is 22.4 Å². The molecule has 39 heavy (non-hydrogen) atoms. The van der Waals surface area contributed by atoms with Gasteiger partial charge in [0.1, 0.15) is 17.1 Å². The second kappa shape index (κ2) is 10.8. The van der Waals surface area contributed by atoms with Gasteiger partial charge in [0.2, 0.25) is 0 Å². The third-order valence-corrected chi connectivity index (χ3v) is 6.69. The van der Waals surface area contributed by atoms with E-state index in [1.165, 1.54) is 30.5 Å². The summed E-state index contributed by atoms with van der Waals surface area (Å²) in [6, 6.07) is 10.3. The Balaban J connectivity index is 1.96. The van der Waals surface area contributed by atoms with Gasteiger partial charge in [-0.2, -0.15) is 0 Å². The lowest BCUT2D eigenvalue weighted by molar-refractivity contribution is -0.274. The van der Waals surface area contributed by atoms with E-state index in [9.17, 15) is 27.9 Å². The van der Waals surface area contributed by atoms with Gasteiger partial charge in [-0.3, -0.25) is 4.79 Å². The Morgan fingerprint density at radius 2 is 1.74 bits per heavy atom. The number of alkyl halides is 3. The second-order valence-corrected chi connectivity index (χ2v) is 10.5. The molecule has 0 radical (unpaired) electrons. The van der Waals surface area contributed by atoms with Crippen molar-refractivity contribution in [1.29, 1.82) is 0 Å². The van der Waals surface area contributed by atoms with Crippen molar-refractivity contribution < 1.29 is 37.3 Å². The molecule has 7 nitrogen and oxygen atoms in total. The standard InChI is InChI=1S/C29H30F3NO6/c1-28(2,3)26-13-17-12-25(38-11-7-10-37-4)20(18-8-5-6-9-24(18)39-29(30,31)32)14-19(17)22-15-23(34)21(27(35)36)16-33(22)26/h5-6,8-9,12,14-16,26H,7,10-11,13H2,1-4H3,(H,35,36)/t26-/m0/s1. The smallest absolute Gasteiger partial charge is 0.493 e. The number of aromatic nitrogens is 1. The molecule has 1 aromatic heterocycles. The molecule has 0 fully saturated rings. The Hall–Kier alpha value is -3.79. The van der Waals surface area contributed by atoms with Gasteiger partial charge < -0.3 is 23.9 Å². The molecule has 4 rings (SSSR count). The zero-order chi connectivity index (χ0) is 28.5. The van der Waals surface area contributed by atoms with Crippen LogP contribution in [0.1, 0.15) is 49.2 Å². The molecule has 10 heteroatoms. The zero-order valence-electron chi connectivity index (χ0n) is 22.1. The molecule has 1 aliphatic heterocycles. The summed E-state index contributed by atoms with van der Waals surface area (Å²) in [5.41, 5.74) is 1.10. The van der Waals surface area contributed by atoms with Crippen LogP contribution in [0.4, 0.5) is 13.2 Å². The first-order chi connectivity index (χ1) is 18.3. The molecule has 0 spiro atoms. The van der Waals surface area contributed by atoms with Crippen LogP contribution in [0.3, 0.4) is 0 Å². The number of carboxylic acids is 1. The van der Waals surface area contributed by atoms with Gasteiger partial charge in [0, 0.05) is 55.1 Å². The average Bonchev–Trinajstić information content (AvgIpc) is 2.84. The van der Waals surface area contributed by atoms with Crippen LogP contribution in [0.5, 0.6) is 11.5 Å². The lowest BCUT2D eigenvalue weighted by Crippen LogP contribution is -2.32. The number of nitrogens with zero attached hydrogens (tertiary/aromatic N) is 1. The Morgan fingerprint density at radius 1 is 1.03 bits per heavy atom. The highest BCUT2D eigenvalue weighted by Crippen LogP contribution is 2.47. The summed E-state index contributed by atoms with van der Waals surface area (Å²) >= 11 is 0. The van der Waals surface area contributed by atoms with Crippen molar-refractivity contribution in [2.24, 2.45) is 5.41 Å². The number of benzene rings is 2. The van der Waals surface area contributed by atoms with E-state index in [1.54, 1.807) is 29.9 Å². The number of methoxy groups -OCH3 is 1. The van der Waals surface area contributed by atoms with Crippen molar-refractivity contribution in [2.45, 2.75) is 46.0 Å². The number of fused-ring (bicyclic) bond motifs is 3. The first-order valence-electron chi connectivity index (χ1n) is 12.4. The molecule has 3 aromatic rings. The number of para-hydroxylation sites is 1. The molecule has 2 heterocycles. The van der Waals surface area contributed by atoms with E-state index in [0.717, 1.165) is 5.56 Å². The monoisotopic (exact) mass is 545 g/mol. The highest BCUT2D eigenvalue weighted by atomic mass is 19.4. The SMILES string of the molecule is COCCCOc1cc2c(cc1-c1ccccc1OC(F)(F)F)-c1cc(=O)c(C(=O)O)cn1[C@H](C(C)(C)C)C2. The molecule has 2 aromatic carbocycles.